The normalized spacial score (nSPS) is 19.7. The molecule has 0 saturated heterocycles. The Kier molecular flexibility index (Phi) is 3.83. The summed E-state index contributed by atoms with van der Waals surface area (Å²) in [5.74, 6) is 1.21. The lowest BCUT2D eigenvalue weighted by atomic mass is 10.1. The van der Waals surface area contributed by atoms with Gasteiger partial charge in [-0.2, -0.15) is 0 Å². The molecule has 2 atom stereocenters. The fourth-order valence-electron chi connectivity index (χ4n) is 2.83. The van der Waals surface area contributed by atoms with Crippen LogP contribution < -0.4 is 0 Å². The van der Waals surface area contributed by atoms with Crippen LogP contribution in [0.4, 0.5) is 0 Å². The van der Waals surface area contributed by atoms with Gasteiger partial charge in [-0.3, -0.25) is 14.2 Å². The Morgan fingerprint density at radius 1 is 1.35 bits per heavy atom. The maximum absolute atomic E-state index is 12.4. The van der Waals surface area contributed by atoms with E-state index >= 15 is 0 Å². The maximum atomic E-state index is 12.4. The zero-order chi connectivity index (χ0) is 16.7. The van der Waals surface area contributed by atoms with E-state index in [1.807, 2.05) is 38.3 Å². The number of carbonyl (C=O) groups is 2. The number of aromatic nitrogens is 2. The molecule has 1 saturated carbocycles. The minimum Gasteiger partial charge on any atom is -0.457 e. The van der Waals surface area contributed by atoms with Gasteiger partial charge in [-0.05, 0) is 39.2 Å². The third-order valence-electron chi connectivity index (χ3n) is 4.33. The van der Waals surface area contributed by atoms with E-state index in [1.165, 1.54) is 0 Å². The van der Waals surface area contributed by atoms with Crippen LogP contribution in [0.15, 0.2) is 16.7 Å². The van der Waals surface area contributed by atoms with Crippen molar-refractivity contribution >= 4 is 11.8 Å². The number of hydrogen-bond acceptors (Lipinski definition) is 5. The second-order valence-electron chi connectivity index (χ2n) is 6.27. The molecule has 0 unspecified atom stereocenters. The van der Waals surface area contributed by atoms with E-state index in [-0.39, 0.29) is 24.3 Å². The number of ketones is 1. The summed E-state index contributed by atoms with van der Waals surface area (Å²) in [7, 11) is 0. The smallest absolute Gasteiger partial charge is 0.309 e. The number of hydrogen-bond donors (Lipinski definition) is 0. The molecule has 1 aliphatic rings. The zero-order valence-corrected chi connectivity index (χ0v) is 13.8. The molecule has 0 aromatic carbocycles. The van der Waals surface area contributed by atoms with E-state index in [1.54, 1.807) is 6.07 Å². The van der Waals surface area contributed by atoms with E-state index in [0.717, 1.165) is 17.8 Å². The quantitative estimate of drug-likeness (QED) is 0.626. The summed E-state index contributed by atoms with van der Waals surface area (Å²) in [6.07, 6.45) is 0.854. The first-order chi connectivity index (χ1) is 10.9. The van der Waals surface area contributed by atoms with E-state index in [9.17, 15) is 9.59 Å². The van der Waals surface area contributed by atoms with Gasteiger partial charge in [0.2, 0.25) is 5.78 Å². The number of nitrogens with zero attached hydrogens (tertiary/aromatic N) is 2. The van der Waals surface area contributed by atoms with E-state index in [0.29, 0.717) is 23.1 Å². The molecule has 0 bridgehead atoms. The van der Waals surface area contributed by atoms with Crippen LogP contribution in [0.1, 0.15) is 40.9 Å². The van der Waals surface area contributed by atoms with Gasteiger partial charge in [-0.1, -0.05) is 12.1 Å². The second-order valence-corrected chi connectivity index (χ2v) is 6.27. The van der Waals surface area contributed by atoms with Gasteiger partial charge in [0.05, 0.1) is 5.92 Å². The molecule has 1 fully saturated rings. The number of ether oxygens (including phenoxy) is 1. The molecule has 1 aliphatic carbocycles. The lowest BCUT2D eigenvalue weighted by Crippen LogP contribution is -2.16. The average Bonchev–Trinajstić information content (AvgIpc) is 2.96. The number of Topliss-reactive ketones (excluding diaryl/α,β-unsaturated/α-hetero) is 1. The van der Waals surface area contributed by atoms with Crippen molar-refractivity contribution in [3.63, 3.8) is 0 Å². The van der Waals surface area contributed by atoms with Gasteiger partial charge in [-0.25, -0.2) is 0 Å². The molecule has 6 nitrogen and oxygen atoms in total. The molecule has 6 heteroatoms. The number of aryl methyl sites for hydroxylation is 2. The number of carbonyl (C=O) groups excluding carboxylic acids is 2. The summed E-state index contributed by atoms with van der Waals surface area (Å²) in [4.78, 5) is 24.1. The molecule has 0 aliphatic heterocycles. The van der Waals surface area contributed by atoms with Crippen molar-refractivity contribution < 1.29 is 18.8 Å². The fraction of sp³-hybridized carbons (Fsp3) is 0.471. The summed E-state index contributed by atoms with van der Waals surface area (Å²) >= 11 is 0. The number of rotatable bonds is 5. The molecule has 23 heavy (non-hydrogen) atoms. The summed E-state index contributed by atoms with van der Waals surface area (Å²) in [6.45, 7) is 7.33. The molecule has 0 N–H and O–H groups in total. The highest BCUT2D eigenvalue weighted by Gasteiger charge is 2.40. The molecule has 3 rings (SSSR count). The lowest BCUT2D eigenvalue weighted by molar-refractivity contribution is -0.144. The molecular weight excluding hydrogens is 296 g/mol. The molecule has 0 radical (unpaired) electrons. The van der Waals surface area contributed by atoms with Crippen LogP contribution in [-0.4, -0.2) is 28.1 Å². The molecular formula is C17H20N2O4. The van der Waals surface area contributed by atoms with Crippen molar-refractivity contribution in [2.24, 2.45) is 11.8 Å². The van der Waals surface area contributed by atoms with Crippen LogP contribution in [0.25, 0.3) is 5.82 Å². The minimum absolute atomic E-state index is 0.0339. The van der Waals surface area contributed by atoms with Crippen molar-refractivity contribution in [2.75, 3.05) is 6.61 Å². The van der Waals surface area contributed by atoms with Gasteiger partial charge in [-0.15, -0.1) is 0 Å². The highest BCUT2D eigenvalue weighted by molar-refractivity contribution is 5.99. The van der Waals surface area contributed by atoms with Crippen molar-refractivity contribution in [1.82, 2.24) is 9.72 Å². The SMILES string of the molecule is Cc1cc(-n2c(C)cc(C(=O)COC(=O)[C@H]3C[C@@H]3C)c2C)no1. The minimum atomic E-state index is -0.271. The Morgan fingerprint density at radius 2 is 2.04 bits per heavy atom. The van der Waals surface area contributed by atoms with Crippen LogP contribution >= 0.6 is 0 Å². The Labute approximate surface area is 134 Å². The van der Waals surface area contributed by atoms with Gasteiger partial charge in [0.1, 0.15) is 5.76 Å². The monoisotopic (exact) mass is 316 g/mol. The third kappa shape index (κ3) is 2.93. The van der Waals surface area contributed by atoms with Gasteiger partial charge >= 0.3 is 5.97 Å². The van der Waals surface area contributed by atoms with Crippen molar-refractivity contribution in [2.45, 2.75) is 34.1 Å². The van der Waals surface area contributed by atoms with E-state index in [2.05, 4.69) is 5.16 Å². The predicted octanol–water partition coefficient (Wildman–Crippen LogP) is 2.77. The molecule has 122 valence electrons. The van der Waals surface area contributed by atoms with Crippen LogP contribution in [0, 0.1) is 32.6 Å². The Morgan fingerprint density at radius 3 is 2.61 bits per heavy atom. The van der Waals surface area contributed by atoms with E-state index in [4.69, 9.17) is 9.26 Å². The van der Waals surface area contributed by atoms with Gasteiger partial charge < -0.3 is 9.26 Å². The standard InChI is InChI=1S/C17H20N2O4/c1-9-5-13(9)17(21)22-8-15(20)14-6-10(2)19(12(14)4)16-7-11(3)23-18-16/h6-7,9,13H,5,8H2,1-4H3/t9-,13-/m0/s1. The maximum Gasteiger partial charge on any atom is 0.309 e. The van der Waals surface area contributed by atoms with E-state index < -0.39 is 0 Å². The van der Waals surface area contributed by atoms with Crippen molar-refractivity contribution in [3.05, 3.63) is 34.8 Å². The molecule has 0 spiro atoms. The highest BCUT2D eigenvalue weighted by atomic mass is 16.5. The summed E-state index contributed by atoms with van der Waals surface area (Å²) in [6, 6.07) is 3.60. The molecule has 2 aromatic heterocycles. The highest BCUT2D eigenvalue weighted by Crippen LogP contribution is 2.38. The third-order valence-corrected chi connectivity index (χ3v) is 4.33. The van der Waals surface area contributed by atoms with Crippen LogP contribution in [0.5, 0.6) is 0 Å². The molecule has 2 heterocycles. The topological polar surface area (TPSA) is 74.3 Å². The zero-order valence-electron chi connectivity index (χ0n) is 13.8. The van der Waals surface area contributed by atoms with Crippen LogP contribution in [0.3, 0.4) is 0 Å². The largest absolute Gasteiger partial charge is 0.457 e. The van der Waals surface area contributed by atoms with Gasteiger partial charge in [0.25, 0.3) is 0 Å². The Balaban J connectivity index is 1.75. The van der Waals surface area contributed by atoms with Gasteiger partial charge in [0, 0.05) is 23.0 Å². The number of esters is 1. The second kappa shape index (κ2) is 5.68. The van der Waals surface area contributed by atoms with Crippen LogP contribution in [-0.2, 0) is 9.53 Å². The summed E-state index contributed by atoms with van der Waals surface area (Å²) in [5.41, 5.74) is 2.18. The predicted molar refractivity (Wildman–Crippen MR) is 82.6 cm³/mol. The average molecular weight is 316 g/mol. The molecule has 2 aromatic rings. The Hall–Kier alpha value is -2.37. The van der Waals surface area contributed by atoms with Crippen molar-refractivity contribution in [3.8, 4) is 5.82 Å². The van der Waals surface area contributed by atoms with Gasteiger partial charge in [0.15, 0.2) is 12.4 Å². The Bertz CT molecular complexity index is 772. The lowest BCUT2D eigenvalue weighted by Gasteiger charge is -2.06. The summed E-state index contributed by atoms with van der Waals surface area (Å²) < 4.78 is 12.1. The first-order valence-corrected chi connectivity index (χ1v) is 7.71. The van der Waals surface area contributed by atoms with Crippen LogP contribution in [0.2, 0.25) is 0 Å². The first kappa shape index (κ1) is 15.5. The van der Waals surface area contributed by atoms with Crippen molar-refractivity contribution in [1.29, 1.82) is 0 Å². The first-order valence-electron chi connectivity index (χ1n) is 7.71. The fourth-order valence-corrected chi connectivity index (χ4v) is 2.83. The molecule has 0 amide bonds. The summed E-state index contributed by atoms with van der Waals surface area (Å²) in [5, 5.41) is 3.99.